The van der Waals surface area contributed by atoms with Crippen molar-refractivity contribution in [1.82, 2.24) is 0 Å². The molecular weight excluding hydrogens is 346 g/mol. The molecule has 106 valence electrons. The minimum atomic E-state index is 0.186. The van der Waals surface area contributed by atoms with Crippen LogP contribution in [0.15, 0.2) is 65.1 Å². The summed E-state index contributed by atoms with van der Waals surface area (Å²) in [6.07, 6.45) is 0. The zero-order valence-corrected chi connectivity index (χ0v) is 13.9. The third-order valence-corrected chi connectivity index (χ3v) is 4.52. The van der Waals surface area contributed by atoms with E-state index in [1.807, 2.05) is 18.2 Å². The SMILES string of the molecule is CC(Nc1cc(Cl)ccc1Br)c1cccc2ccccc12. The van der Waals surface area contributed by atoms with Gasteiger partial charge in [0, 0.05) is 15.5 Å². The van der Waals surface area contributed by atoms with E-state index in [1.54, 1.807) is 0 Å². The predicted octanol–water partition coefficient (Wildman–Crippen LogP) is 6.43. The minimum absolute atomic E-state index is 0.186. The van der Waals surface area contributed by atoms with Gasteiger partial charge in [-0.2, -0.15) is 0 Å². The van der Waals surface area contributed by atoms with Crippen LogP contribution in [0.25, 0.3) is 10.8 Å². The summed E-state index contributed by atoms with van der Waals surface area (Å²) in [5, 5.41) is 6.79. The number of hydrogen-bond acceptors (Lipinski definition) is 1. The first kappa shape index (κ1) is 14.4. The maximum atomic E-state index is 6.08. The second-order valence-corrected chi connectivity index (χ2v) is 6.35. The normalized spacial score (nSPS) is 12.3. The highest BCUT2D eigenvalue weighted by Gasteiger charge is 2.10. The molecule has 0 aliphatic carbocycles. The molecule has 3 aromatic rings. The van der Waals surface area contributed by atoms with Gasteiger partial charge in [0.2, 0.25) is 0 Å². The van der Waals surface area contributed by atoms with Gasteiger partial charge in [-0.05, 0) is 57.4 Å². The van der Waals surface area contributed by atoms with Crippen LogP contribution in [0.5, 0.6) is 0 Å². The molecule has 21 heavy (non-hydrogen) atoms. The Morgan fingerprint density at radius 3 is 2.62 bits per heavy atom. The topological polar surface area (TPSA) is 12.0 Å². The summed E-state index contributed by atoms with van der Waals surface area (Å²) < 4.78 is 1.01. The molecule has 0 bridgehead atoms. The van der Waals surface area contributed by atoms with Crippen LogP contribution in [0.4, 0.5) is 5.69 Å². The number of hydrogen-bond donors (Lipinski definition) is 1. The fourth-order valence-corrected chi connectivity index (χ4v) is 3.08. The zero-order chi connectivity index (χ0) is 14.8. The van der Waals surface area contributed by atoms with Crippen molar-refractivity contribution in [3.8, 4) is 0 Å². The quantitative estimate of drug-likeness (QED) is 0.567. The molecule has 1 N–H and O–H groups in total. The number of fused-ring (bicyclic) bond motifs is 1. The van der Waals surface area contributed by atoms with Crippen molar-refractivity contribution >= 4 is 44.0 Å². The molecule has 1 nitrogen and oxygen atoms in total. The van der Waals surface area contributed by atoms with Crippen LogP contribution in [-0.2, 0) is 0 Å². The highest BCUT2D eigenvalue weighted by Crippen LogP contribution is 2.31. The van der Waals surface area contributed by atoms with Gasteiger partial charge in [0.05, 0.1) is 5.69 Å². The lowest BCUT2D eigenvalue weighted by molar-refractivity contribution is 0.893. The van der Waals surface area contributed by atoms with E-state index in [0.29, 0.717) is 0 Å². The van der Waals surface area contributed by atoms with Crippen molar-refractivity contribution in [3.05, 3.63) is 75.7 Å². The smallest absolute Gasteiger partial charge is 0.0504 e. The monoisotopic (exact) mass is 359 g/mol. The first-order chi connectivity index (χ1) is 10.1. The Balaban J connectivity index is 1.97. The third kappa shape index (κ3) is 3.07. The van der Waals surface area contributed by atoms with Crippen LogP contribution >= 0.6 is 27.5 Å². The van der Waals surface area contributed by atoms with Gasteiger partial charge in [0.25, 0.3) is 0 Å². The predicted molar refractivity (Wildman–Crippen MR) is 95.1 cm³/mol. The number of benzene rings is 3. The second kappa shape index (κ2) is 6.08. The molecule has 0 saturated carbocycles. The third-order valence-electron chi connectivity index (χ3n) is 3.59. The Morgan fingerprint density at radius 2 is 1.76 bits per heavy atom. The Morgan fingerprint density at radius 1 is 1.00 bits per heavy atom. The van der Waals surface area contributed by atoms with Gasteiger partial charge in [-0.1, -0.05) is 54.1 Å². The summed E-state index contributed by atoms with van der Waals surface area (Å²) in [6, 6.07) is 20.8. The van der Waals surface area contributed by atoms with Crippen LogP contribution in [-0.4, -0.2) is 0 Å². The van der Waals surface area contributed by atoms with Crippen LogP contribution in [0.1, 0.15) is 18.5 Å². The fraction of sp³-hybridized carbons (Fsp3) is 0.111. The Kier molecular flexibility index (Phi) is 4.18. The largest absolute Gasteiger partial charge is 0.378 e. The van der Waals surface area contributed by atoms with E-state index in [0.717, 1.165) is 15.2 Å². The molecule has 3 aromatic carbocycles. The van der Waals surface area contributed by atoms with E-state index in [-0.39, 0.29) is 6.04 Å². The number of rotatable bonds is 3. The van der Waals surface area contributed by atoms with Gasteiger partial charge >= 0.3 is 0 Å². The molecule has 0 aromatic heterocycles. The molecule has 1 unspecified atom stereocenters. The number of halogens is 2. The molecule has 0 amide bonds. The summed E-state index contributed by atoms with van der Waals surface area (Å²) in [6.45, 7) is 2.16. The van der Waals surface area contributed by atoms with E-state index < -0.39 is 0 Å². The Labute approximate surface area is 138 Å². The first-order valence-electron chi connectivity index (χ1n) is 6.84. The lowest BCUT2D eigenvalue weighted by atomic mass is 9.99. The van der Waals surface area contributed by atoms with Crippen molar-refractivity contribution < 1.29 is 0 Å². The van der Waals surface area contributed by atoms with Crippen LogP contribution < -0.4 is 5.32 Å². The van der Waals surface area contributed by atoms with E-state index in [9.17, 15) is 0 Å². The molecule has 0 fully saturated rings. The summed E-state index contributed by atoms with van der Waals surface area (Å²) in [5.74, 6) is 0. The van der Waals surface area contributed by atoms with Crippen LogP contribution in [0.3, 0.4) is 0 Å². The van der Waals surface area contributed by atoms with Gasteiger partial charge in [0.15, 0.2) is 0 Å². The van der Waals surface area contributed by atoms with Crippen molar-refractivity contribution in [3.63, 3.8) is 0 Å². The fourth-order valence-electron chi connectivity index (χ4n) is 2.55. The van der Waals surface area contributed by atoms with E-state index in [4.69, 9.17) is 11.6 Å². The standard InChI is InChI=1S/C18H15BrClN/c1-12(21-18-11-14(20)9-10-17(18)19)15-8-4-6-13-5-2-3-7-16(13)15/h2-12,21H,1H3. The maximum Gasteiger partial charge on any atom is 0.0504 e. The summed E-state index contributed by atoms with van der Waals surface area (Å²) in [7, 11) is 0. The average Bonchev–Trinajstić information content (AvgIpc) is 2.50. The van der Waals surface area contributed by atoms with Gasteiger partial charge < -0.3 is 5.32 Å². The summed E-state index contributed by atoms with van der Waals surface area (Å²) in [5.41, 5.74) is 2.28. The van der Waals surface area contributed by atoms with Gasteiger partial charge in [-0.3, -0.25) is 0 Å². The van der Waals surface area contributed by atoms with Crippen molar-refractivity contribution in [1.29, 1.82) is 0 Å². The zero-order valence-electron chi connectivity index (χ0n) is 11.6. The van der Waals surface area contributed by atoms with Gasteiger partial charge in [-0.15, -0.1) is 0 Å². The van der Waals surface area contributed by atoms with Gasteiger partial charge in [-0.25, -0.2) is 0 Å². The molecule has 0 radical (unpaired) electrons. The van der Waals surface area contributed by atoms with E-state index in [2.05, 4.69) is 70.6 Å². The molecule has 0 spiro atoms. The molecular formula is C18H15BrClN. The lowest BCUT2D eigenvalue weighted by Crippen LogP contribution is -2.07. The molecule has 0 aliphatic rings. The molecule has 1 atom stereocenters. The van der Waals surface area contributed by atoms with E-state index in [1.165, 1.54) is 16.3 Å². The van der Waals surface area contributed by atoms with E-state index >= 15 is 0 Å². The van der Waals surface area contributed by atoms with Crippen LogP contribution in [0, 0.1) is 0 Å². The highest BCUT2D eigenvalue weighted by atomic mass is 79.9. The van der Waals surface area contributed by atoms with Crippen molar-refractivity contribution in [2.45, 2.75) is 13.0 Å². The summed E-state index contributed by atoms with van der Waals surface area (Å²) >= 11 is 9.64. The van der Waals surface area contributed by atoms with Crippen molar-refractivity contribution in [2.24, 2.45) is 0 Å². The molecule has 0 aliphatic heterocycles. The number of anilines is 1. The Hall–Kier alpha value is -1.51. The molecule has 0 saturated heterocycles. The number of nitrogens with one attached hydrogen (secondary N) is 1. The Bertz CT molecular complexity index is 780. The maximum absolute atomic E-state index is 6.08. The van der Waals surface area contributed by atoms with Crippen molar-refractivity contribution in [2.75, 3.05) is 5.32 Å². The molecule has 3 rings (SSSR count). The minimum Gasteiger partial charge on any atom is -0.378 e. The average molecular weight is 361 g/mol. The van der Waals surface area contributed by atoms with Crippen LogP contribution in [0.2, 0.25) is 5.02 Å². The lowest BCUT2D eigenvalue weighted by Gasteiger charge is -2.19. The first-order valence-corrected chi connectivity index (χ1v) is 8.01. The molecule has 0 heterocycles. The van der Waals surface area contributed by atoms with Gasteiger partial charge in [0.1, 0.15) is 0 Å². The molecule has 3 heteroatoms. The highest BCUT2D eigenvalue weighted by molar-refractivity contribution is 9.10. The summed E-state index contributed by atoms with van der Waals surface area (Å²) in [4.78, 5) is 0. The second-order valence-electron chi connectivity index (χ2n) is 5.06.